The number of benzene rings is 1. The number of nitrogens with zero attached hydrogens (tertiary/aromatic N) is 1. The molecule has 2 rings (SSSR count). The molecule has 4 heteroatoms. The van der Waals surface area contributed by atoms with E-state index in [-0.39, 0.29) is 18.1 Å². The number of carbonyl (C=O) groups excluding carboxylic acids is 1. The zero-order valence-corrected chi connectivity index (χ0v) is 12.7. The van der Waals surface area contributed by atoms with Crippen LogP contribution in [0.5, 0.6) is 5.75 Å². The van der Waals surface area contributed by atoms with Crippen molar-refractivity contribution in [2.24, 2.45) is 0 Å². The van der Waals surface area contributed by atoms with E-state index in [4.69, 9.17) is 9.47 Å². The molecule has 0 radical (unpaired) electrons. The summed E-state index contributed by atoms with van der Waals surface area (Å²) in [5.74, 6) is 0.571. The maximum Gasteiger partial charge on any atom is 0.325 e. The summed E-state index contributed by atoms with van der Waals surface area (Å²) < 4.78 is 10.1. The van der Waals surface area contributed by atoms with Crippen LogP contribution in [0.1, 0.15) is 26.3 Å². The van der Waals surface area contributed by atoms with Gasteiger partial charge in [0.15, 0.2) is 0 Å². The van der Waals surface area contributed by atoms with Crippen molar-refractivity contribution in [3.8, 4) is 5.75 Å². The van der Waals surface area contributed by atoms with Crippen LogP contribution in [0.2, 0.25) is 0 Å². The predicted octanol–water partition coefficient (Wildman–Crippen LogP) is 2.87. The second kappa shape index (κ2) is 5.19. The van der Waals surface area contributed by atoms with Gasteiger partial charge in [0.1, 0.15) is 12.3 Å². The minimum atomic E-state index is -0.243. The SMILES string of the molecule is COC(=O)CN1c2ccc(OC)cc2C(C)=CC1(C)C. The largest absolute Gasteiger partial charge is 0.497 e. The molecule has 0 atom stereocenters. The fraction of sp³-hybridized carbons (Fsp3) is 0.438. The summed E-state index contributed by atoms with van der Waals surface area (Å²) in [6, 6.07) is 5.91. The molecule has 0 aromatic heterocycles. The third-order valence-corrected chi connectivity index (χ3v) is 3.70. The normalized spacial score (nSPS) is 16.2. The third kappa shape index (κ3) is 2.50. The Morgan fingerprint density at radius 2 is 2.00 bits per heavy atom. The molecule has 0 bridgehead atoms. The van der Waals surface area contributed by atoms with Crippen molar-refractivity contribution < 1.29 is 14.3 Å². The predicted molar refractivity (Wildman–Crippen MR) is 80.1 cm³/mol. The standard InChI is InChI=1S/C16H21NO3/c1-11-9-16(2,3)17(10-15(18)20-5)14-7-6-12(19-4)8-13(11)14/h6-9H,10H2,1-5H3. The maximum absolute atomic E-state index is 11.7. The number of hydrogen-bond donors (Lipinski definition) is 0. The molecular formula is C16H21NO3. The van der Waals surface area contributed by atoms with E-state index in [1.165, 1.54) is 12.7 Å². The summed E-state index contributed by atoms with van der Waals surface area (Å²) in [4.78, 5) is 13.7. The number of methoxy groups -OCH3 is 2. The maximum atomic E-state index is 11.7. The molecule has 1 heterocycles. The second-order valence-electron chi connectivity index (χ2n) is 5.53. The Hall–Kier alpha value is -1.97. The van der Waals surface area contributed by atoms with Crippen LogP contribution in [0.3, 0.4) is 0 Å². The lowest BCUT2D eigenvalue weighted by atomic mass is 9.88. The number of hydrogen-bond acceptors (Lipinski definition) is 4. The van der Waals surface area contributed by atoms with Gasteiger partial charge in [0.2, 0.25) is 0 Å². The highest BCUT2D eigenvalue weighted by Gasteiger charge is 2.32. The van der Waals surface area contributed by atoms with Gasteiger partial charge in [0.05, 0.1) is 19.8 Å². The van der Waals surface area contributed by atoms with Gasteiger partial charge in [-0.25, -0.2) is 0 Å². The van der Waals surface area contributed by atoms with E-state index < -0.39 is 0 Å². The Bertz CT molecular complexity index is 561. The van der Waals surface area contributed by atoms with Crippen molar-refractivity contribution in [3.05, 3.63) is 29.8 Å². The molecule has 1 aliphatic heterocycles. The topological polar surface area (TPSA) is 38.8 Å². The van der Waals surface area contributed by atoms with Crippen LogP contribution >= 0.6 is 0 Å². The van der Waals surface area contributed by atoms with Crippen LogP contribution in [0.15, 0.2) is 24.3 Å². The number of rotatable bonds is 3. The van der Waals surface area contributed by atoms with Crippen molar-refractivity contribution in [2.75, 3.05) is 25.7 Å². The summed E-state index contributed by atoms with van der Waals surface area (Å²) in [6.07, 6.45) is 2.16. The molecule has 1 aromatic carbocycles. The fourth-order valence-corrected chi connectivity index (χ4v) is 2.67. The van der Waals surface area contributed by atoms with E-state index in [2.05, 4.69) is 31.7 Å². The van der Waals surface area contributed by atoms with Crippen LogP contribution in [0, 0.1) is 0 Å². The Morgan fingerprint density at radius 1 is 1.30 bits per heavy atom. The quantitative estimate of drug-likeness (QED) is 0.795. The van der Waals surface area contributed by atoms with Gasteiger partial charge in [0.25, 0.3) is 0 Å². The molecule has 0 aliphatic carbocycles. The first-order valence-electron chi connectivity index (χ1n) is 6.61. The minimum Gasteiger partial charge on any atom is -0.497 e. The van der Waals surface area contributed by atoms with E-state index in [1.54, 1.807) is 7.11 Å². The average molecular weight is 275 g/mol. The van der Waals surface area contributed by atoms with E-state index >= 15 is 0 Å². The molecule has 1 aromatic rings. The molecular weight excluding hydrogens is 254 g/mol. The summed E-state index contributed by atoms with van der Waals surface area (Å²) in [5.41, 5.74) is 3.07. The van der Waals surface area contributed by atoms with Crippen LogP contribution in [-0.2, 0) is 9.53 Å². The van der Waals surface area contributed by atoms with Crippen molar-refractivity contribution in [1.29, 1.82) is 0 Å². The van der Waals surface area contributed by atoms with Crippen molar-refractivity contribution in [2.45, 2.75) is 26.3 Å². The monoisotopic (exact) mass is 275 g/mol. The highest BCUT2D eigenvalue weighted by molar-refractivity contribution is 5.85. The molecule has 0 fully saturated rings. The van der Waals surface area contributed by atoms with Gasteiger partial charge in [-0.1, -0.05) is 6.08 Å². The van der Waals surface area contributed by atoms with Crippen LogP contribution in [-0.4, -0.2) is 32.3 Å². The van der Waals surface area contributed by atoms with Gasteiger partial charge in [-0.3, -0.25) is 4.79 Å². The van der Waals surface area contributed by atoms with Gasteiger partial charge >= 0.3 is 5.97 Å². The van der Waals surface area contributed by atoms with Gasteiger partial charge < -0.3 is 14.4 Å². The first-order valence-corrected chi connectivity index (χ1v) is 6.61. The Morgan fingerprint density at radius 3 is 2.60 bits per heavy atom. The molecule has 0 saturated carbocycles. The highest BCUT2D eigenvalue weighted by atomic mass is 16.5. The van der Waals surface area contributed by atoms with Crippen molar-refractivity contribution in [3.63, 3.8) is 0 Å². The molecule has 20 heavy (non-hydrogen) atoms. The molecule has 108 valence electrons. The molecule has 0 N–H and O–H groups in total. The van der Waals surface area contributed by atoms with Crippen LogP contribution in [0.4, 0.5) is 5.69 Å². The smallest absolute Gasteiger partial charge is 0.325 e. The number of fused-ring (bicyclic) bond motifs is 1. The number of carbonyl (C=O) groups is 1. The van der Waals surface area contributed by atoms with E-state index in [0.717, 1.165) is 17.0 Å². The molecule has 0 saturated heterocycles. The first-order chi connectivity index (χ1) is 9.39. The Labute approximate surface area is 120 Å². The summed E-state index contributed by atoms with van der Waals surface area (Å²) in [7, 11) is 3.06. The number of esters is 1. The summed E-state index contributed by atoms with van der Waals surface area (Å²) in [5, 5.41) is 0. The molecule has 0 unspecified atom stereocenters. The lowest BCUT2D eigenvalue weighted by molar-refractivity contribution is -0.139. The fourth-order valence-electron chi connectivity index (χ4n) is 2.67. The number of anilines is 1. The van der Waals surface area contributed by atoms with Crippen LogP contribution in [0.25, 0.3) is 5.57 Å². The molecule has 0 spiro atoms. The first kappa shape index (κ1) is 14.4. The van der Waals surface area contributed by atoms with E-state index in [1.807, 2.05) is 18.2 Å². The zero-order chi connectivity index (χ0) is 14.9. The number of allylic oxidation sites excluding steroid dienone is 1. The Balaban J connectivity index is 2.50. The molecule has 4 nitrogen and oxygen atoms in total. The van der Waals surface area contributed by atoms with E-state index in [9.17, 15) is 4.79 Å². The minimum absolute atomic E-state index is 0.229. The lowest BCUT2D eigenvalue weighted by Gasteiger charge is -2.42. The van der Waals surface area contributed by atoms with Crippen LogP contribution < -0.4 is 9.64 Å². The summed E-state index contributed by atoms with van der Waals surface area (Å²) >= 11 is 0. The summed E-state index contributed by atoms with van der Waals surface area (Å²) in [6.45, 7) is 6.49. The van der Waals surface area contributed by atoms with Crippen molar-refractivity contribution in [1.82, 2.24) is 0 Å². The zero-order valence-electron chi connectivity index (χ0n) is 12.7. The highest BCUT2D eigenvalue weighted by Crippen LogP contribution is 2.40. The van der Waals surface area contributed by atoms with Gasteiger partial charge in [-0.2, -0.15) is 0 Å². The number of ether oxygens (including phenoxy) is 2. The third-order valence-electron chi connectivity index (χ3n) is 3.70. The van der Waals surface area contributed by atoms with Gasteiger partial charge in [-0.15, -0.1) is 0 Å². The van der Waals surface area contributed by atoms with Crippen molar-refractivity contribution >= 4 is 17.2 Å². The second-order valence-corrected chi connectivity index (χ2v) is 5.53. The molecule has 0 amide bonds. The van der Waals surface area contributed by atoms with Gasteiger partial charge in [-0.05, 0) is 44.5 Å². The van der Waals surface area contributed by atoms with E-state index in [0.29, 0.717) is 0 Å². The Kier molecular flexibility index (Phi) is 3.75. The average Bonchev–Trinajstić information content (AvgIpc) is 2.42. The molecule has 1 aliphatic rings. The van der Waals surface area contributed by atoms with Gasteiger partial charge in [0, 0.05) is 11.3 Å². The lowest BCUT2D eigenvalue weighted by Crippen LogP contribution is -2.48.